The van der Waals surface area contributed by atoms with Crippen molar-refractivity contribution in [3.05, 3.63) is 11.6 Å². The smallest absolute Gasteiger partial charge is 0.456 e. The summed E-state index contributed by atoms with van der Waals surface area (Å²) in [5.41, 5.74) is -1.86. The van der Waals surface area contributed by atoms with Crippen molar-refractivity contribution in [1.82, 2.24) is 0 Å². The summed E-state index contributed by atoms with van der Waals surface area (Å²) in [6, 6.07) is 0. The first kappa shape index (κ1) is 45.9. The largest absolute Gasteiger partial charge is 0.460 e. The first-order valence-corrected chi connectivity index (χ1v) is 10.8. The van der Waals surface area contributed by atoms with Gasteiger partial charge in [-0.2, -0.15) is 114 Å². The highest BCUT2D eigenvalue weighted by Gasteiger charge is 2.92. The molecule has 0 radical (unpaired) electrons. The second-order valence-corrected chi connectivity index (χ2v) is 9.01. The van der Waals surface area contributed by atoms with E-state index in [1.807, 2.05) is 0 Å². The van der Waals surface area contributed by atoms with E-state index in [0.29, 0.717) is 0 Å². The molecule has 0 amide bonds. The summed E-state index contributed by atoms with van der Waals surface area (Å²) in [6.45, 7) is -7.43. The highest BCUT2D eigenvalue weighted by Crippen LogP contribution is 2.61. The van der Waals surface area contributed by atoms with Gasteiger partial charge in [-0.25, -0.2) is 9.59 Å². The average molecular weight is 794 g/mol. The van der Waals surface area contributed by atoms with Crippen molar-refractivity contribution in [3.63, 3.8) is 0 Å². The van der Waals surface area contributed by atoms with Crippen LogP contribution in [-0.4, -0.2) is 96.7 Å². The summed E-state index contributed by atoms with van der Waals surface area (Å²) >= 11 is 0. The summed E-state index contributed by atoms with van der Waals surface area (Å²) in [5.74, 6) is -85.4. The minimum absolute atomic E-state index is 0.0345. The van der Waals surface area contributed by atoms with Crippen molar-refractivity contribution >= 4 is 11.9 Å². The highest BCUT2D eigenvalue weighted by molar-refractivity contribution is 5.95. The molecule has 0 heterocycles. The van der Waals surface area contributed by atoms with Crippen molar-refractivity contribution in [2.45, 2.75) is 78.5 Å². The van der Waals surface area contributed by atoms with Crippen molar-refractivity contribution in [2.24, 2.45) is 0 Å². The van der Waals surface area contributed by atoms with Crippen molar-refractivity contribution in [1.29, 1.82) is 0 Å². The zero-order valence-corrected chi connectivity index (χ0v) is 22.0. The maximum Gasteiger partial charge on any atom is 0.460 e. The molecule has 0 aromatic rings. The van der Waals surface area contributed by atoms with Crippen LogP contribution in [-0.2, 0) is 19.1 Å². The van der Waals surface area contributed by atoms with Gasteiger partial charge in [0.15, 0.2) is 13.2 Å². The van der Waals surface area contributed by atoms with Crippen LogP contribution in [0, 0.1) is 0 Å². The Bertz CT molecular complexity index is 1260. The Hall–Kier alpha value is -3.14. The molecule has 0 fully saturated rings. The maximum absolute atomic E-state index is 13.6. The van der Waals surface area contributed by atoms with Gasteiger partial charge in [0.25, 0.3) is 0 Å². The molecule has 0 spiro atoms. The lowest BCUT2D eigenvalue weighted by atomic mass is 9.94. The molecule has 0 saturated carbocycles. The van der Waals surface area contributed by atoms with E-state index >= 15 is 0 Å². The monoisotopic (exact) mass is 794 g/mol. The number of carbonyl (C=O) groups is 2. The highest BCUT2D eigenvalue weighted by atomic mass is 19.4. The van der Waals surface area contributed by atoms with Crippen LogP contribution in [0.2, 0.25) is 0 Å². The van der Waals surface area contributed by atoms with E-state index in [1.54, 1.807) is 0 Å². The van der Waals surface area contributed by atoms with Gasteiger partial charge in [-0.1, -0.05) is 0 Å². The van der Waals surface area contributed by atoms with Crippen LogP contribution in [0.4, 0.5) is 114 Å². The molecular weight excluding hydrogens is 786 g/mol. The molecule has 49 heavy (non-hydrogen) atoms. The van der Waals surface area contributed by atoms with Gasteiger partial charge in [-0.05, 0) is 6.92 Å². The molecule has 0 bridgehead atoms. The molecule has 0 aliphatic rings. The average Bonchev–Trinajstić information content (AvgIpc) is 2.88. The third-order valence-electron chi connectivity index (χ3n) is 5.43. The minimum atomic E-state index is -8.37. The lowest BCUT2D eigenvalue weighted by Crippen LogP contribution is -2.70. The molecule has 0 saturated heterocycles. The SMILES string of the molecule is C/C(=C\C(=O)OCC(F)(F)C(F)(F)C(F)(F)C(F)(F)C(F)(F)C(F)(F)F)C(=O)OCC(F)(F)C(F)(F)C(F)(F)C(F)(F)C(F)(F)C(F)(F)F. The Kier molecular flexibility index (Phi) is 11.8. The zero-order valence-electron chi connectivity index (χ0n) is 22.0. The van der Waals surface area contributed by atoms with Crippen LogP contribution in [0.3, 0.4) is 0 Å². The molecule has 0 aromatic heterocycles. The van der Waals surface area contributed by atoms with Gasteiger partial charge >= 0.3 is 83.5 Å². The van der Waals surface area contributed by atoms with E-state index in [9.17, 15) is 124 Å². The fraction of sp³-hybridized carbons (Fsp3) is 0.789. The Balaban J connectivity index is 5.99. The number of hydrogen-bond acceptors (Lipinski definition) is 4. The van der Waals surface area contributed by atoms with Crippen molar-refractivity contribution in [3.8, 4) is 0 Å². The van der Waals surface area contributed by atoms with E-state index in [1.165, 1.54) is 0 Å². The van der Waals surface area contributed by atoms with Gasteiger partial charge < -0.3 is 9.47 Å². The van der Waals surface area contributed by atoms with Crippen LogP contribution in [0.5, 0.6) is 0 Å². The van der Waals surface area contributed by atoms with Gasteiger partial charge in [0.1, 0.15) is 0 Å². The summed E-state index contributed by atoms with van der Waals surface area (Å²) < 4.78 is 344. The first-order valence-electron chi connectivity index (χ1n) is 10.8. The van der Waals surface area contributed by atoms with Gasteiger partial charge in [0.2, 0.25) is 0 Å². The predicted octanol–water partition coefficient (Wildman–Crippen LogP) is 8.50. The molecule has 0 atom stereocenters. The quantitative estimate of drug-likeness (QED) is 0.101. The molecule has 0 aliphatic carbocycles. The Morgan fingerprint density at radius 1 is 0.408 bits per heavy atom. The van der Waals surface area contributed by atoms with Crippen molar-refractivity contribution in [2.75, 3.05) is 13.2 Å². The molecule has 0 aromatic carbocycles. The standard InChI is InChI=1S/C19H8F26O4/c1-5(7(47)49-4-9(22,23)11(26,27)13(30,31)15(34,35)17(38,39)19(43,44)45)2-6(46)48-3-8(20,21)10(24,25)12(28,29)14(32,33)16(36,37)18(40,41)42/h2H,3-4H2,1H3/b5-2+. The van der Waals surface area contributed by atoms with Gasteiger partial charge in [-0.15, -0.1) is 0 Å². The second kappa shape index (κ2) is 12.6. The Morgan fingerprint density at radius 3 is 0.918 bits per heavy atom. The number of alkyl halides is 26. The summed E-state index contributed by atoms with van der Waals surface area (Å²) in [6.07, 6.45) is -16.4. The van der Waals surface area contributed by atoms with E-state index in [2.05, 4.69) is 9.47 Å². The minimum Gasteiger partial charge on any atom is -0.456 e. The number of hydrogen-bond donors (Lipinski definition) is 0. The van der Waals surface area contributed by atoms with Crippen molar-refractivity contribution < 1.29 is 133 Å². The molecule has 30 heteroatoms. The second-order valence-electron chi connectivity index (χ2n) is 9.01. The number of rotatable bonds is 14. The van der Waals surface area contributed by atoms with Crippen LogP contribution >= 0.6 is 0 Å². The molecule has 4 nitrogen and oxygen atoms in total. The lowest BCUT2D eigenvalue weighted by Gasteiger charge is -2.39. The zero-order chi connectivity index (χ0) is 40.3. The van der Waals surface area contributed by atoms with Crippen LogP contribution < -0.4 is 0 Å². The normalized spacial score (nSPS) is 16.1. The molecule has 0 unspecified atom stereocenters. The lowest BCUT2D eigenvalue weighted by molar-refractivity contribution is -0.441. The maximum atomic E-state index is 13.6. The molecule has 0 rings (SSSR count). The summed E-state index contributed by atoms with van der Waals surface area (Å²) in [5, 5.41) is 0. The predicted molar refractivity (Wildman–Crippen MR) is 97.3 cm³/mol. The summed E-state index contributed by atoms with van der Waals surface area (Å²) in [7, 11) is 0. The van der Waals surface area contributed by atoms with E-state index in [-0.39, 0.29) is 6.92 Å². The van der Waals surface area contributed by atoms with Crippen LogP contribution in [0.15, 0.2) is 11.6 Å². The van der Waals surface area contributed by atoms with Crippen LogP contribution in [0.1, 0.15) is 6.92 Å². The third kappa shape index (κ3) is 7.22. The van der Waals surface area contributed by atoms with Gasteiger partial charge in [0.05, 0.1) is 0 Å². The summed E-state index contributed by atoms with van der Waals surface area (Å²) in [4.78, 5) is 22.8. The number of carbonyl (C=O) groups excluding carboxylic acids is 2. The van der Waals surface area contributed by atoms with E-state index in [4.69, 9.17) is 0 Å². The van der Waals surface area contributed by atoms with Crippen LogP contribution in [0.25, 0.3) is 0 Å². The third-order valence-corrected chi connectivity index (χ3v) is 5.43. The van der Waals surface area contributed by atoms with Gasteiger partial charge in [-0.3, -0.25) is 0 Å². The fourth-order valence-corrected chi connectivity index (χ4v) is 2.49. The van der Waals surface area contributed by atoms with E-state index in [0.717, 1.165) is 0 Å². The molecule has 290 valence electrons. The fourth-order valence-electron chi connectivity index (χ4n) is 2.49. The molecular formula is C19H8F26O4. The topological polar surface area (TPSA) is 52.6 Å². The molecule has 0 N–H and O–H groups in total. The Morgan fingerprint density at radius 2 is 0.653 bits per heavy atom. The number of halogens is 26. The van der Waals surface area contributed by atoms with Gasteiger partial charge in [0, 0.05) is 11.6 Å². The first-order chi connectivity index (χ1) is 20.9. The molecule has 0 aliphatic heterocycles. The number of ether oxygens (including phenoxy) is 2. The number of esters is 2. The Labute approximate surface area is 249 Å². The van der Waals surface area contributed by atoms with E-state index < -0.39 is 108 Å².